The Balaban J connectivity index is 2.39. The maximum Gasteiger partial charge on any atom is 0.177 e. The van der Waals surface area contributed by atoms with Gasteiger partial charge in [0.15, 0.2) is 11.3 Å². The van der Waals surface area contributed by atoms with Crippen LogP contribution in [0.3, 0.4) is 0 Å². The number of thiophene rings is 1. The summed E-state index contributed by atoms with van der Waals surface area (Å²) in [7, 11) is 0. The van der Waals surface area contributed by atoms with Gasteiger partial charge in [-0.05, 0) is 18.9 Å². The van der Waals surface area contributed by atoms with Crippen LogP contribution in [0.5, 0.6) is 5.06 Å². The molecule has 0 aromatic carbocycles. The summed E-state index contributed by atoms with van der Waals surface area (Å²) in [6, 6.07) is 1.92. The van der Waals surface area contributed by atoms with Crippen LogP contribution in [0.1, 0.15) is 21.7 Å². The van der Waals surface area contributed by atoms with Gasteiger partial charge in [0.2, 0.25) is 0 Å². The van der Waals surface area contributed by atoms with Gasteiger partial charge < -0.3 is 4.74 Å². The molecular formula is C8H8O2S. The number of fused-ring (bicyclic) bond motifs is 1. The third-order valence-corrected chi connectivity index (χ3v) is 2.74. The van der Waals surface area contributed by atoms with E-state index in [-0.39, 0.29) is 0 Å². The SMILES string of the molecule is O=Cc1cc2c(s1)OCCC2. The molecule has 0 fully saturated rings. The molecule has 0 amide bonds. The summed E-state index contributed by atoms with van der Waals surface area (Å²) in [5.41, 5.74) is 1.20. The predicted molar refractivity (Wildman–Crippen MR) is 43.5 cm³/mol. The third kappa shape index (κ3) is 1.16. The molecule has 2 rings (SSSR count). The Morgan fingerprint density at radius 1 is 1.64 bits per heavy atom. The van der Waals surface area contributed by atoms with Crippen molar-refractivity contribution < 1.29 is 9.53 Å². The van der Waals surface area contributed by atoms with Gasteiger partial charge in [-0.3, -0.25) is 4.79 Å². The second kappa shape index (κ2) is 2.66. The van der Waals surface area contributed by atoms with Crippen LogP contribution in [0.15, 0.2) is 6.07 Å². The van der Waals surface area contributed by atoms with E-state index in [9.17, 15) is 4.79 Å². The summed E-state index contributed by atoms with van der Waals surface area (Å²) in [5.74, 6) is 0. The summed E-state index contributed by atoms with van der Waals surface area (Å²) < 4.78 is 5.37. The first-order valence-corrected chi connectivity index (χ1v) is 4.42. The van der Waals surface area contributed by atoms with Crippen LogP contribution < -0.4 is 4.74 Å². The molecule has 0 spiro atoms. The van der Waals surface area contributed by atoms with Gasteiger partial charge in [0.25, 0.3) is 0 Å². The van der Waals surface area contributed by atoms with Gasteiger partial charge in [0.05, 0.1) is 11.5 Å². The van der Waals surface area contributed by atoms with Crippen LogP contribution in [-0.2, 0) is 6.42 Å². The van der Waals surface area contributed by atoms with E-state index >= 15 is 0 Å². The highest BCUT2D eigenvalue weighted by molar-refractivity contribution is 7.15. The highest BCUT2D eigenvalue weighted by Crippen LogP contribution is 2.33. The van der Waals surface area contributed by atoms with Gasteiger partial charge in [0.1, 0.15) is 0 Å². The van der Waals surface area contributed by atoms with Crippen molar-refractivity contribution in [3.8, 4) is 5.06 Å². The Kier molecular flexibility index (Phi) is 1.66. The number of aldehydes is 1. The summed E-state index contributed by atoms with van der Waals surface area (Å²) >= 11 is 1.45. The largest absolute Gasteiger partial charge is 0.484 e. The van der Waals surface area contributed by atoms with Crippen LogP contribution in [0, 0.1) is 0 Å². The third-order valence-electron chi connectivity index (χ3n) is 1.73. The van der Waals surface area contributed by atoms with Crippen molar-refractivity contribution in [3.05, 3.63) is 16.5 Å². The van der Waals surface area contributed by atoms with E-state index in [1.807, 2.05) is 6.07 Å². The number of rotatable bonds is 1. The van der Waals surface area contributed by atoms with Gasteiger partial charge in [-0.1, -0.05) is 11.3 Å². The minimum absolute atomic E-state index is 0.775. The molecule has 0 N–H and O–H groups in total. The van der Waals surface area contributed by atoms with E-state index in [0.717, 1.165) is 35.7 Å². The van der Waals surface area contributed by atoms with Crippen molar-refractivity contribution in [1.82, 2.24) is 0 Å². The Bertz CT molecular complexity index is 254. The van der Waals surface area contributed by atoms with E-state index in [0.29, 0.717) is 0 Å². The number of carbonyl (C=O) groups excluding carboxylic acids is 1. The summed E-state index contributed by atoms with van der Waals surface area (Å²) in [6.45, 7) is 0.797. The normalized spacial score (nSPS) is 15.3. The van der Waals surface area contributed by atoms with Crippen LogP contribution in [-0.4, -0.2) is 12.9 Å². The lowest BCUT2D eigenvalue weighted by molar-refractivity contribution is 0.112. The molecular weight excluding hydrogens is 160 g/mol. The standard InChI is InChI=1S/C8H8O2S/c9-5-7-4-6-2-1-3-10-8(6)11-7/h4-5H,1-3H2. The van der Waals surface area contributed by atoms with Crippen LogP contribution >= 0.6 is 11.3 Å². The van der Waals surface area contributed by atoms with Crippen molar-refractivity contribution in [2.75, 3.05) is 6.61 Å². The van der Waals surface area contributed by atoms with Gasteiger partial charge in [-0.15, -0.1) is 0 Å². The van der Waals surface area contributed by atoms with E-state index < -0.39 is 0 Å². The molecule has 2 heterocycles. The molecule has 0 radical (unpaired) electrons. The topological polar surface area (TPSA) is 26.3 Å². The molecule has 1 aromatic rings. The van der Waals surface area contributed by atoms with Gasteiger partial charge >= 0.3 is 0 Å². The molecule has 0 saturated heterocycles. The van der Waals surface area contributed by atoms with E-state index in [2.05, 4.69) is 0 Å². The Hall–Kier alpha value is -0.830. The average Bonchev–Trinajstić information content (AvgIpc) is 2.46. The average molecular weight is 168 g/mol. The van der Waals surface area contributed by atoms with Crippen molar-refractivity contribution in [2.24, 2.45) is 0 Å². The molecule has 1 aliphatic heterocycles. The number of aryl methyl sites for hydroxylation is 1. The molecule has 58 valence electrons. The molecule has 2 nitrogen and oxygen atoms in total. The second-order valence-electron chi connectivity index (χ2n) is 2.53. The molecule has 0 unspecified atom stereocenters. The molecule has 0 bridgehead atoms. The van der Waals surface area contributed by atoms with Crippen LogP contribution in [0.2, 0.25) is 0 Å². The summed E-state index contributed by atoms with van der Waals surface area (Å²) in [4.78, 5) is 11.2. The summed E-state index contributed by atoms with van der Waals surface area (Å²) in [5, 5.41) is 0.943. The Morgan fingerprint density at radius 2 is 2.55 bits per heavy atom. The monoisotopic (exact) mass is 168 g/mol. The van der Waals surface area contributed by atoms with Crippen molar-refractivity contribution in [2.45, 2.75) is 12.8 Å². The van der Waals surface area contributed by atoms with Gasteiger partial charge in [-0.25, -0.2) is 0 Å². The fourth-order valence-corrected chi connectivity index (χ4v) is 2.11. The Labute approximate surface area is 68.8 Å². The first kappa shape index (κ1) is 6.85. The molecule has 0 atom stereocenters. The molecule has 11 heavy (non-hydrogen) atoms. The zero-order valence-corrected chi connectivity index (χ0v) is 6.82. The second-order valence-corrected chi connectivity index (χ2v) is 3.58. The lowest BCUT2D eigenvalue weighted by atomic mass is 10.1. The minimum Gasteiger partial charge on any atom is -0.484 e. The van der Waals surface area contributed by atoms with Crippen LogP contribution in [0.25, 0.3) is 0 Å². The van der Waals surface area contributed by atoms with E-state index in [4.69, 9.17) is 4.74 Å². The molecule has 1 aliphatic rings. The summed E-state index contributed by atoms with van der Waals surface area (Å²) in [6.07, 6.45) is 3.01. The molecule has 3 heteroatoms. The quantitative estimate of drug-likeness (QED) is 0.598. The lowest BCUT2D eigenvalue weighted by Gasteiger charge is -2.11. The zero-order chi connectivity index (χ0) is 7.68. The van der Waals surface area contributed by atoms with Crippen molar-refractivity contribution in [3.63, 3.8) is 0 Å². The predicted octanol–water partition coefficient (Wildman–Crippen LogP) is 1.89. The number of ether oxygens (including phenoxy) is 1. The van der Waals surface area contributed by atoms with E-state index in [1.165, 1.54) is 16.9 Å². The highest BCUT2D eigenvalue weighted by atomic mass is 32.1. The van der Waals surface area contributed by atoms with Gasteiger partial charge in [0, 0.05) is 5.56 Å². The number of carbonyl (C=O) groups is 1. The molecule has 1 aromatic heterocycles. The van der Waals surface area contributed by atoms with Crippen molar-refractivity contribution >= 4 is 17.6 Å². The zero-order valence-electron chi connectivity index (χ0n) is 6.00. The maximum absolute atomic E-state index is 10.4. The van der Waals surface area contributed by atoms with E-state index in [1.54, 1.807) is 0 Å². The van der Waals surface area contributed by atoms with Crippen molar-refractivity contribution in [1.29, 1.82) is 0 Å². The fraction of sp³-hybridized carbons (Fsp3) is 0.375. The Morgan fingerprint density at radius 3 is 3.27 bits per heavy atom. The first-order chi connectivity index (χ1) is 5.40. The molecule has 0 saturated carbocycles. The minimum atomic E-state index is 0.775. The number of hydrogen-bond donors (Lipinski definition) is 0. The number of hydrogen-bond acceptors (Lipinski definition) is 3. The fourth-order valence-electron chi connectivity index (χ4n) is 1.21. The first-order valence-electron chi connectivity index (χ1n) is 3.61. The smallest absolute Gasteiger partial charge is 0.177 e. The highest BCUT2D eigenvalue weighted by Gasteiger charge is 2.13. The van der Waals surface area contributed by atoms with Crippen LogP contribution in [0.4, 0.5) is 0 Å². The maximum atomic E-state index is 10.4. The molecule has 0 aliphatic carbocycles. The lowest BCUT2D eigenvalue weighted by Crippen LogP contribution is -2.04. The van der Waals surface area contributed by atoms with Gasteiger partial charge in [-0.2, -0.15) is 0 Å².